The van der Waals surface area contributed by atoms with E-state index in [1.54, 1.807) is 12.1 Å². The van der Waals surface area contributed by atoms with Crippen LogP contribution in [0.2, 0.25) is 0 Å². The van der Waals surface area contributed by atoms with Crippen molar-refractivity contribution in [1.29, 1.82) is 0 Å². The fourth-order valence-electron chi connectivity index (χ4n) is 5.89. The highest BCUT2D eigenvalue weighted by Crippen LogP contribution is 2.34. The summed E-state index contributed by atoms with van der Waals surface area (Å²) in [5.41, 5.74) is 10.4. The summed E-state index contributed by atoms with van der Waals surface area (Å²) >= 11 is 0. The Bertz CT molecular complexity index is 2210. The first-order chi connectivity index (χ1) is 20.2. The van der Waals surface area contributed by atoms with E-state index in [4.69, 9.17) is 0 Å². The second kappa shape index (κ2) is 8.45. The number of benzene rings is 4. The largest absolute Gasteiger partial charge is 0.506 e. The van der Waals surface area contributed by atoms with Gasteiger partial charge in [0.25, 0.3) is 0 Å². The van der Waals surface area contributed by atoms with Gasteiger partial charge in [0.2, 0.25) is 0 Å². The van der Waals surface area contributed by atoms with E-state index in [1.807, 2.05) is 47.7 Å². The number of anilines is 2. The van der Waals surface area contributed by atoms with Gasteiger partial charge in [0.05, 0.1) is 0 Å². The number of nitrogens with zero attached hydrogens (tertiary/aromatic N) is 6. The highest BCUT2D eigenvalue weighted by molar-refractivity contribution is 5.84. The third-order valence-corrected chi connectivity index (χ3v) is 8.42. The smallest absolute Gasteiger partial charge is 0.143 e. The highest BCUT2D eigenvalue weighted by Gasteiger charge is 2.27. The fraction of sp³-hybridized carbons (Fsp3) is 0.250. The Kier molecular flexibility index (Phi) is 4.96. The van der Waals surface area contributed by atoms with Crippen molar-refractivity contribution < 1.29 is 10.2 Å². The van der Waals surface area contributed by atoms with Crippen LogP contribution in [0.15, 0.2) is 72.8 Å². The summed E-state index contributed by atoms with van der Waals surface area (Å²) in [4.78, 5) is 3.97. The molecule has 8 aromatic rings. The molecule has 10 nitrogen and oxygen atoms in total. The lowest BCUT2D eigenvalue weighted by Crippen LogP contribution is -2.26. The number of hydrogen-bond donors (Lipinski definition) is 4. The van der Waals surface area contributed by atoms with Gasteiger partial charge in [-0.15, -0.1) is 28.1 Å². The Hall–Kier alpha value is -5.12. The molecule has 4 aromatic heterocycles. The third kappa shape index (κ3) is 3.71. The molecule has 0 amide bonds. The number of nitrogens with one attached hydrogen (secondary N) is 2. The minimum atomic E-state index is 0.0813. The first kappa shape index (κ1) is 24.7. The molecule has 0 bridgehead atoms. The zero-order valence-electron chi connectivity index (χ0n) is 24.1. The Morgan fingerprint density at radius 1 is 0.595 bits per heavy atom. The van der Waals surface area contributed by atoms with Crippen LogP contribution in [0.4, 0.5) is 11.4 Å². The van der Waals surface area contributed by atoms with Gasteiger partial charge in [0, 0.05) is 24.5 Å². The first-order valence-corrected chi connectivity index (χ1v) is 14.4. The molecule has 0 saturated carbocycles. The van der Waals surface area contributed by atoms with Gasteiger partial charge in [-0.25, -0.2) is 0 Å². The van der Waals surface area contributed by atoms with E-state index in [-0.39, 0.29) is 16.9 Å². The van der Waals surface area contributed by atoms with Crippen LogP contribution in [0.1, 0.15) is 31.4 Å². The molecule has 214 valence electrons. The quantitative estimate of drug-likeness (QED) is 0.171. The number of aryl methyl sites for hydroxylation is 2. The minimum absolute atomic E-state index is 0.0813. The van der Waals surface area contributed by atoms with Crippen LogP contribution >= 0.6 is 0 Å². The zero-order chi connectivity index (χ0) is 28.9. The van der Waals surface area contributed by atoms with E-state index in [0.717, 1.165) is 75.5 Å². The molecule has 0 atom stereocenters. The number of fused-ring (bicyclic) bond motifs is 8. The standard InChI is InChI=1S/C32H34N8O2/c1-20-5-9-26(30(41)15-20)37-35-24-11-7-22(17-28(24)39(35)37)33-14-13-32(3,4)19-34-23-8-12-25-29(18-23)40-36(25)38(40)27-10-6-21(2)16-31(27)42/h5-12,15-18,33-34,41-42H,13-14,19H2,1-4H3. The molecule has 4 aromatic carbocycles. The topological polar surface area (TPSA) is 92.0 Å². The summed E-state index contributed by atoms with van der Waals surface area (Å²) < 4.78 is 8.23. The Labute approximate surface area is 241 Å². The number of rotatable bonds is 9. The fourth-order valence-corrected chi connectivity index (χ4v) is 5.89. The van der Waals surface area contributed by atoms with Crippen molar-refractivity contribution in [1.82, 2.24) is 28.1 Å². The molecule has 4 N–H and O–H groups in total. The van der Waals surface area contributed by atoms with Crippen LogP contribution in [0.25, 0.3) is 33.4 Å². The lowest BCUT2D eigenvalue weighted by atomic mass is 9.89. The van der Waals surface area contributed by atoms with Gasteiger partial charge >= 0.3 is 0 Å². The van der Waals surface area contributed by atoms with Gasteiger partial charge in [0.1, 0.15) is 44.9 Å². The molecule has 0 aliphatic carbocycles. The maximum atomic E-state index is 10.4. The molecule has 0 unspecified atom stereocenters. The lowest BCUT2D eigenvalue weighted by Gasteiger charge is -2.26. The molecular weight excluding hydrogens is 528 g/mol. The van der Waals surface area contributed by atoms with Gasteiger partial charge in [-0.3, -0.25) is 0 Å². The molecule has 0 saturated heterocycles. The zero-order valence-corrected chi connectivity index (χ0v) is 24.1. The van der Waals surface area contributed by atoms with Crippen molar-refractivity contribution in [2.75, 3.05) is 23.7 Å². The SMILES string of the molecule is Cc1ccc(-n2n3c4ccc(NCCC(C)(C)CNc5ccc6c(c5)n5n(-c7ccc(C)cc7O)n65)cc4n23)c(O)c1. The molecule has 8 rings (SSSR count). The van der Waals surface area contributed by atoms with Crippen LogP contribution in [0, 0.1) is 19.3 Å². The molecule has 0 aliphatic heterocycles. The second-order valence-electron chi connectivity index (χ2n) is 12.3. The van der Waals surface area contributed by atoms with E-state index in [1.165, 1.54) is 0 Å². The molecular formula is C32H34N8O2. The van der Waals surface area contributed by atoms with Crippen molar-refractivity contribution in [3.05, 3.63) is 83.9 Å². The van der Waals surface area contributed by atoms with Crippen molar-refractivity contribution in [2.45, 2.75) is 34.1 Å². The molecule has 42 heavy (non-hydrogen) atoms. The van der Waals surface area contributed by atoms with Gasteiger partial charge in [-0.1, -0.05) is 26.0 Å². The summed E-state index contributed by atoms with van der Waals surface area (Å²) in [5, 5.41) is 28.0. The van der Waals surface area contributed by atoms with Crippen LogP contribution in [0.3, 0.4) is 0 Å². The van der Waals surface area contributed by atoms with Gasteiger partial charge in [0.15, 0.2) is 0 Å². The van der Waals surface area contributed by atoms with Crippen LogP contribution < -0.4 is 10.6 Å². The predicted octanol–water partition coefficient (Wildman–Crippen LogP) is 6.12. The van der Waals surface area contributed by atoms with E-state index in [0.29, 0.717) is 0 Å². The number of aromatic hydroxyl groups is 2. The van der Waals surface area contributed by atoms with E-state index < -0.39 is 0 Å². The molecule has 0 fully saturated rings. The van der Waals surface area contributed by atoms with Crippen LogP contribution in [0.5, 0.6) is 11.5 Å². The van der Waals surface area contributed by atoms with Crippen molar-refractivity contribution >= 4 is 33.4 Å². The number of hydrogen-bond acceptors (Lipinski definition) is 4. The molecule has 0 aliphatic rings. The Balaban J connectivity index is 0.896. The van der Waals surface area contributed by atoms with Crippen molar-refractivity contribution in [3.8, 4) is 22.9 Å². The average molecular weight is 563 g/mol. The maximum Gasteiger partial charge on any atom is 0.143 e. The number of aromatic nitrogens is 6. The number of phenolic OH excluding ortho intramolecular Hbond substituents is 2. The van der Waals surface area contributed by atoms with Gasteiger partial charge in [-0.05, 0) is 97.5 Å². The highest BCUT2D eigenvalue weighted by atomic mass is 16.3. The van der Waals surface area contributed by atoms with Gasteiger partial charge in [-0.2, -0.15) is 0 Å². The third-order valence-electron chi connectivity index (χ3n) is 8.42. The van der Waals surface area contributed by atoms with Crippen molar-refractivity contribution in [2.24, 2.45) is 5.41 Å². The maximum absolute atomic E-state index is 10.4. The first-order valence-electron chi connectivity index (χ1n) is 14.4. The summed E-state index contributed by atoms with van der Waals surface area (Å²) in [7, 11) is 0. The number of phenols is 2. The summed E-state index contributed by atoms with van der Waals surface area (Å²) in [5.74, 6) is 0.565. The average Bonchev–Trinajstić information content (AvgIpc) is 3.80. The van der Waals surface area contributed by atoms with E-state index in [9.17, 15) is 10.2 Å². The Morgan fingerprint density at radius 2 is 1.07 bits per heavy atom. The predicted molar refractivity (Wildman–Crippen MR) is 166 cm³/mol. The molecule has 4 heterocycles. The van der Waals surface area contributed by atoms with E-state index >= 15 is 0 Å². The van der Waals surface area contributed by atoms with E-state index in [2.05, 4.69) is 79.4 Å². The van der Waals surface area contributed by atoms with Crippen molar-refractivity contribution in [3.63, 3.8) is 0 Å². The lowest BCUT2D eigenvalue weighted by molar-refractivity contribution is 0.370. The van der Waals surface area contributed by atoms with Crippen LogP contribution in [-0.4, -0.2) is 51.4 Å². The molecule has 0 spiro atoms. The van der Waals surface area contributed by atoms with Crippen LogP contribution in [-0.2, 0) is 0 Å². The normalized spacial score (nSPS) is 12.8. The summed E-state index contributed by atoms with van der Waals surface area (Å²) in [6.07, 6.45) is 1.00. The second-order valence-corrected chi connectivity index (χ2v) is 12.3. The monoisotopic (exact) mass is 562 g/mol. The summed E-state index contributed by atoms with van der Waals surface area (Å²) in [6, 6.07) is 24.3. The molecule has 0 radical (unpaired) electrons. The Morgan fingerprint density at radius 3 is 1.57 bits per heavy atom. The molecule has 10 heteroatoms. The summed E-state index contributed by atoms with van der Waals surface area (Å²) in [6.45, 7) is 10.2. The minimum Gasteiger partial charge on any atom is -0.506 e. The van der Waals surface area contributed by atoms with Gasteiger partial charge < -0.3 is 20.8 Å².